The molecule has 0 aromatic carbocycles. The van der Waals surface area contributed by atoms with Gasteiger partial charge in [0, 0.05) is 13.3 Å². The van der Waals surface area contributed by atoms with Crippen molar-refractivity contribution >= 4 is 11.7 Å². The van der Waals surface area contributed by atoms with E-state index in [0.717, 1.165) is 0 Å². The molecule has 1 saturated heterocycles. The first kappa shape index (κ1) is 15.0. The third-order valence-electron chi connectivity index (χ3n) is 2.89. The molecule has 1 aliphatic heterocycles. The van der Waals surface area contributed by atoms with Gasteiger partial charge in [-0.25, -0.2) is 0 Å². The fourth-order valence-electron chi connectivity index (χ4n) is 2.06. The molecule has 1 heterocycles. The van der Waals surface area contributed by atoms with Gasteiger partial charge in [0.15, 0.2) is 0 Å². The molecule has 7 heteroatoms. The summed E-state index contributed by atoms with van der Waals surface area (Å²) in [6, 6.07) is -0.871. The summed E-state index contributed by atoms with van der Waals surface area (Å²) >= 11 is 0. The molecule has 0 aromatic rings. The van der Waals surface area contributed by atoms with Gasteiger partial charge in [-0.1, -0.05) is 0 Å². The Kier molecular flexibility index (Phi) is 5.21. The fourth-order valence-corrected chi connectivity index (χ4v) is 2.06. The highest BCUT2D eigenvalue weighted by Gasteiger charge is 2.44. The molecule has 0 unspecified atom stereocenters. The van der Waals surface area contributed by atoms with Gasteiger partial charge < -0.3 is 25.4 Å². The topological polar surface area (TPSA) is 116 Å². The summed E-state index contributed by atoms with van der Waals surface area (Å²) in [4.78, 5) is 22.2. The molecular formula is C11H19NO6. The number of aliphatic hydroxyl groups excluding tert-OH is 3. The molecule has 0 radical (unpaired) electrons. The third-order valence-corrected chi connectivity index (χ3v) is 2.89. The minimum Gasteiger partial charge on any atom is -0.394 e. The molecule has 7 nitrogen and oxygen atoms in total. The number of carbonyl (C=O) groups excluding carboxylic acids is 2. The predicted molar refractivity (Wildman–Crippen MR) is 60.7 cm³/mol. The molecule has 1 aliphatic rings. The highest BCUT2D eigenvalue weighted by molar-refractivity contribution is 5.77. The fraction of sp³-hybridized carbons (Fsp3) is 0.818. The van der Waals surface area contributed by atoms with Gasteiger partial charge in [-0.15, -0.1) is 0 Å². The molecule has 0 spiro atoms. The second-order valence-electron chi connectivity index (χ2n) is 4.51. The van der Waals surface area contributed by atoms with E-state index in [-0.39, 0.29) is 12.2 Å². The van der Waals surface area contributed by atoms with Gasteiger partial charge in [0.25, 0.3) is 0 Å². The summed E-state index contributed by atoms with van der Waals surface area (Å²) in [5, 5.41) is 31.1. The van der Waals surface area contributed by atoms with E-state index < -0.39 is 43.0 Å². The molecule has 18 heavy (non-hydrogen) atoms. The lowest BCUT2D eigenvalue weighted by Crippen LogP contribution is -2.64. The molecule has 0 aliphatic carbocycles. The quantitative estimate of drug-likeness (QED) is 0.463. The molecule has 0 bridgehead atoms. The van der Waals surface area contributed by atoms with Crippen LogP contribution in [0.25, 0.3) is 0 Å². The number of amides is 1. The minimum atomic E-state index is -1.31. The van der Waals surface area contributed by atoms with Crippen molar-refractivity contribution in [1.29, 1.82) is 0 Å². The van der Waals surface area contributed by atoms with E-state index in [1.165, 1.54) is 13.8 Å². The van der Waals surface area contributed by atoms with Crippen LogP contribution in [0.4, 0.5) is 0 Å². The van der Waals surface area contributed by atoms with Crippen molar-refractivity contribution in [2.75, 3.05) is 6.61 Å². The highest BCUT2D eigenvalue weighted by atomic mass is 16.5. The van der Waals surface area contributed by atoms with Crippen LogP contribution in [0.15, 0.2) is 0 Å². The Morgan fingerprint density at radius 3 is 2.22 bits per heavy atom. The van der Waals surface area contributed by atoms with E-state index in [0.29, 0.717) is 0 Å². The number of rotatable bonds is 4. The van der Waals surface area contributed by atoms with Crippen LogP contribution < -0.4 is 5.32 Å². The minimum absolute atomic E-state index is 0.00870. The maximum absolute atomic E-state index is 11.1. The second-order valence-corrected chi connectivity index (χ2v) is 4.51. The number of ketones is 1. The lowest BCUT2D eigenvalue weighted by atomic mass is 9.90. The van der Waals surface area contributed by atoms with E-state index in [2.05, 4.69) is 5.32 Å². The standard InChI is InChI=1S/C11H19NO6/c1-5(14)3-7-9(12-6(2)15)11(17)10(16)8(4-13)18-7/h7-11,13,16-17H,3-4H2,1-2H3,(H,12,15)/t7-,8-,9+,10+,11-/m1/s1. The summed E-state index contributed by atoms with van der Waals surface area (Å²) in [6.07, 6.45) is -4.33. The lowest BCUT2D eigenvalue weighted by molar-refractivity contribution is -0.196. The maximum atomic E-state index is 11.1. The number of carbonyl (C=O) groups is 2. The summed E-state index contributed by atoms with van der Waals surface area (Å²) in [7, 11) is 0. The van der Waals surface area contributed by atoms with Crippen molar-refractivity contribution in [1.82, 2.24) is 5.32 Å². The first-order chi connectivity index (χ1) is 8.36. The van der Waals surface area contributed by atoms with Crippen LogP contribution >= 0.6 is 0 Å². The van der Waals surface area contributed by atoms with Gasteiger partial charge in [-0.05, 0) is 6.92 Å². The SMILES string of the molecule is CC(=O)C[C@H]1O[C@H](CO)[C@H](O)[C@H](O)[C@H]1NC(C)=O. The molecular weight excluding hydrogens is 242 g/mol. The molecule has 1 amide bonds. The van der Waals surface area contributed by atoms with Gasteiger partial charge in [0.05, 0.1) is 18.8 Å². The second kappa shape index (κ2) is 6.24. The maximum Gasteiger partial charge on any atom is 0.217 e. The number of hydrogen-bond acceptors (Lipinski definition) is 6. The average molecular weight is 261 g/mol. The van der Waals surface area contributed by atoms with E-state index in [1.807, 2.05) is 0 Å². The van der Waals surface area contributed by atoms with E-state index in [9.17, 15) is 19.8 Å². The Labute approximate surface area is 105 Å². The molecule has 0 aromatic heterocycles. The number of nitrogens with one attached hydrogen (secondary N) is 1. The first-order valence-corrected chi connectivity index (χ1v) is 5.75. The Morgan fingerprint density at radius 1 is 1.17 bits per heavy atom. The van der Waals surface area contributed by atoms with Crippen molar-refractivity contribution in [3.63, 3.8) is 0 Å². The largest absolute Gasteiger partial charge is 0.394 e. The van der Waals surface area contributed by atoms with E-state index in [4.69, 9.17) is 9.84 Å². The summed E-state index contributed by atoms with van der Waals surface area (Å²) in [5.41, 5.74) is 0. The Balaban J connectivity index is 2.86. The van der Waals surface area contributed by atoms with Crippen LogP contribution in [-0.4, -0.2) is 64.1 Å². The molecule has 1 rings (SSSR count). The molecule has 4 N–H and O–H groups in total. The summed E-state index contributed by atoms with van der Waals surface area (Å²) in [6.45, 7) is 2.15. The van der Waals surface area contributed by atoms with Crippen molar-refractivity contribution in [2.45, 2.75) is 50.7 Å². The monoisotopic (exact) mass is 261 g/mol. The lowest BCUT2D eigenvalue weighted by Gasteiger charge is -2.42. The van der Waals surface area contributed by atoms with Crippen LogP contribution in [-0.2, 0) is 14.3 Å². The van der Waals surface area contributed by atoms with Gasteiger partial charge in [0.1, 0.15) is 24.1 Å². The predicted octanol–water partition coefficient (Wildman–Crippen LogP) is -2.05. The van der Waals surface area contributed by atoms with Crippen molar-refractivity contribution < 1.29 is 29.6 Å². The normalized spacial score (nSPS) is 36.2. The number of hydrogen-bond donors (Lipinski definition) is 4. The van der Waals surface area contributed by atoms with Gasteiger partial charge in [-0.2, -0.15) is 0 Å². The Bertz CT molecular complexity index is 321. The average Bonchev–Trinajstić information content (AvgIpc) is 2.27. The summed E-state index contributed by atoms with van der Waals surface area (Å²) < 4.78 is 5.35. The smallest absolute Gasteiger partial charge is 0.217 e. The van der Waals surface area contributed by atoms with E-state index in [1.54, 1.807) is 0 Å². The number of aliphatic hydroxyl groups is 3. The van der Waals surface area contributed by atoms with Crippen molar-refractivity contribution in [3.8, 4) is 0 Å². The van der Waals surface area contributed by atoms with Crippen LogP contribution in [0, 0.1) is 0 Å². The zero-order valence-corrected chi connectivity index (χ0v) is 10.4. The third kappa shape index (κ3) is 3.49. The zero-order chi connectivity index (χ0) is 13.9. The highest BCUT2D eigenvalue weighted by Crippen LogP contribution is 2.23. The molecule has 0 saturated carbocycles. The van der Waals surface area contributed by atoms with Crippen molar-refractivity contribution in [3.05, 3.63) is 0 Å². The van der Waals surface area contributed by atoms with Crippen LogP contribution in [0.1, 0.15) is 20.3 Å². The molecule has 1 fully saturated rings. The van der Waals surface area contributed by atoms with Crippen LogP contribution in [0.3, 0.4) is 0 Å². The van der Waals surface area contributed by atoms with Gasteiger partial charge in [0.2, 0.25) is 5.91 Å². The number of ether oxygens (including phenoxy) is 1. The van der Waals surface area contributed by atoms with Crippen LogP contribution in [0.5, 0.6) is 0 Å². The first-order valence-electron chi connectivity index (χ1n) is 5.75. The van der Waals surface area contributed by atoms with Crippen molar-refractivity contribution in [2.24, 2.45) is 0 Å². The Hall–Kier alpha value is -1.02. The molecule has 104 valence electrons. The van der Waals surface area contributed by atoms with Gasteiger partial charge in [-0.3, -0.25) is 9.59 Å². The zero-order valence-electron chi connectivity index (χ0n) is 10.4. The Morgan fingerprint density at radius 2 is 1.78 bits per heavy atom. The van der Waals surface area contributed by atoms with E-state index >= 15 is 0 Å². The molecule has 5 atom stereocenters. The number of Topliss-reactive ketones (excluding diaryl/α,β-unsaturated/α-hetero) is 1. The van der Waals surface area contributed by atoms with Crippen LogP contribution in [0.2, 0.25) is 0 Å². The summed E-state index contributed by atoms with van der Waals surface area (Å²) in [5.74, 6) is -0.568. The van der Waals surface area contributed by atoms with Gasteiger partial charge >= 0.3 is 0 Å².